The molecule has 0 unspecified atom stereocenters. The lowest BCUT2D eigenvalue weighted by atomic mass is 10.3. The van der Waals surface area contributed by atoms with Gasteiger partial charge in [-0.3, -0.25) is 14.3 Å². The number of H-pyrrole nitrogens is 1. The van der Waals surface area contributed by atoms with Crippen molar-refractivity contribution in [2.75, 3.05) is 0 Å². The SMILES string of the molecule is Cc1c(O)n(CCC2CC2)c(=O)[nH]c1=O. The average molecular weight is 210 g/mol. The van der Waals surface area contributed by atoms with E-state index in [0.29, 0.717) is 12.5 Å². The van der Waals surface area contributed by atoms with Crippen LogP contribution in [-0.2, 0) is 6.54 Å². The summed E-state index contributed by atoms with van der Waals surface area (Å²) in [7, 11) is 0. The second-order valence-corrected chi connectivity index (χ2v) is 4.09. The molecule has 0 aliphatic heterocycles. The third kappa shape index (κ3) is 1.95. The molecule has 2 rings (SSSR count). The van der Waals surface area contributed by atoms with Gasteiger partial charge in [-0.05, 0) is 19.3 Å². The van der Waals surface area contributed by atoms with Gasteiger partial charge in [-0.25, -0.2) is 4.79 Å². The predicted octanol–water partition coefficient (Wildman–Crippen LogP) is 0.351. The number of nitrogens with one attached hydrogen (secondary N) is 1. The Balaban J connectivity index is 2.32. The van der Waals surface area contributed by atoms with E-state index in [0.717, 1.165) is 6.42 Å². The maximum Gasteiger partial charge on any atom is 0.331 e. The van der Waals surface area contributed by atoms with Crippen LogP contribution in [0.4, 0.5) is 0 Å². The molecule has 5 heteroatoms. The Hall–Kier alpha value is -1.52. The van der Waals surface area contributed by atoms with Gasteiger partial charge in [0.15, 0.2) is 0 Å². The van der Waals surface area contributed by atoms with E-state index >= 15 is 0 Å². The lowest BCUT2D eigenvalue weighted by molar-refractivity contribution is 0.388. The van der Waals surface area contributed by atoms with Crippen LogP contribution in [0.3, 0.4) is 0 Å². The topological polar surface area (TPSA) is 75.1 Å². The Kier molecular flexibility index (Phi) is 2.38. The van der Waals surface area contributed by atoms with Crippen LogP contribution >= 0.6 is 0 Å². The molecule has 2 N–H and O–H groups in total. The van der Waals surface area contributed by atoms with E-state index in [4.69, 9.17) is 0 Å². The zero-order valence-corrected chi connectivity index (χ0v) is 8.62. The van der Waals surface area contributed by atoms with Crippen molar-refractivity contribution in [3.63, 3.8) is 0 Å². The van der Waals surface area contributed by atoms with Crippen molar-refractivity contribution in [1.82, 2.24) is 9.55 Å². The minimum Gasteiger partial charge on any atom is -0.494 e. The quantitative estimate of drug-likeness (QED) is 0.756. The lowest BCUT2D eigenvalue weighted by Crippen LogP contribution is -2.31. The molecule has 0 bridgehead atoms. The number of aromatic hydroxyl groups is 1. The fourth-order valence-corrected chi connectivity index (χ4v) is 1.58. The fourth-order valence-electron chi connectivity index (χ4n) is 1.58. The van der Waals surface area contributed by atoms with Crippen LogP contribution in [0, 0.1) is 12.8 Å². The summed E-state index contributed by atoms with van der Waals surface area (Å²) in [5, 5.41) is 9.64. The van der Waals surface area contributed by atoms with Gasteiger partial charge in [0, 0.05) is 6.54 Å². The van der Waals surface area contributed by atoms with Gasteiger partial charge in [-0.1, -0.05) is 12.8 Å². The van der Waals surface area contributed by atoms with Gasteiger partial charge in [0.25, 0.3) is 5.56 Å². The molecule has 0 atom stereocenters. The van der Waals surface area contributed by atoms with Crippen LogP contribution in [0.15, 0.2) is 9.59 Å². The summed E-state index contributed by atoms with van der Waals surface area (Å²) in [5.41, 5.74) is -0.839. The Morgan fingerprint density at radius 1 is 1.47 bits per heavy atom. The van der Waals surface area contributed by atoms with E-state index in [9.17, 15) is 14.7 Å². The lowest BCUT2D eigenvalue weighted by Gasteiger charge is -2.08. The normalized spacial score (nSPS) is 15.5. The summed E-state index contributed by atoms with van der Waals surface area (Å²) in [4.78, 5) is 24.7. The van der Waals surface area contributed by atoms with E-state index in [2.05, 4.69) is 4.98 Å². The van der Waals surface area contributed by atoms with E-state index in [1.807, 2.05) is 0 Å². The van der Waals surface area contributed by atoms with Gasteiger partial charge in [0.1, 0.15) is 0 Å². The first-order valence-corrected chi connectivity index (χ1v) is 5.12. The molecule has 0 spiro atoms. The van der Waals surface area contributed by atoms with Crippen LogP contribution in [0.25, 0.3) is 0 Å². The van der Waals surface area contributed by atoms with Crippen molar-refractivity contribution in [1.29, 1.82) is 0 Å². The molecule has 1 aliphatic rings. The van der Waals surface area contributed by atoms with E-state index < -0.39 is 11.2 Å². The summed E-state index contributed by atoms with van der Waals surface area (Å²) < 4.78 is 1.23. The van der Waals surface area contributed by atoms with Gasteiger partial charge in [0.2, 0.25) is 5.88 Å². The number of aromatic nitrogens is 2. The van der Waals surface area contributed by atoms with Crippen LogP contribution in [-0.4, -0.2) is 14.7 Å². The minimum absolute atomic E-state index is 0.199. The molecule has 82 valence electrons. The molecule has 1 fully saturated rings. The van der Waals surface area contributed by atoms with Gasteiger partial charge < -0.3 is 5.11 Å². The van der Waals surface area contributed by atoms with Crippen LogP contribution < -0.4 is 11.2 Å². The molecule has 0 saturated heterocycles. The first-order valence-electron chi connectivity index (χ1n) is 5.12. The van der Waals surface area contributed by atoms with Crippen LogP contribution in [0.5, 0.6) is 5.88 Å². The summed E-state index contributed by atoms with van der Waals surface area (Å²) in [6.07, 6.45) is 3.30. The van der Waals surface area contributed by atoms with Crippen molar-refractivity contribution in [3.8, 4) is 5.88 Å². The number of nitrogens with zero attached hydrogens (tertiary/aromatic N) is 1. The maximum absolute atomic E-state index is 11.4. The number of rotatable bonds is 3. The Labute approximate surface area is 86.4 Å². The molecule has 5 nitrogen and oxygen atoms in total. The number of hydrogen-bond acceptors (Lipinski definition) is 3. The summed E-state index contributed by atoms with van der Waals surface area (Å²) in [6.45, 7) is 1.98. The highest BCUT2D eigenvalue weighted by Gasteiger charge is 2.21. The first kappa shape index (κ1) is 10.0. The highest BCUT2D eigenvalue weighted by Crippen LogP contribution is 2.32. The zero-order valence-electron chi connectivity index (χ0n) is 8.62. The third-order valence-corrected chi connectivity index (χ3v) is 2.86. The molecule has 0 radical (unpaired) electrons. The van der Waals surface area contributed by atoms with Crippen LogP contribution in [0.2, 0.25) is 0 Å². The number of aromatic amines is 1. The molecule has 0 aromatic carbocycles. The fraction of sp³-hybridized carbons (Fsp3) is 0.600. The van der Waals surface area contributed by atoms with E-state index in [1.54, 1.807) is 0 Å². The highest BCUT2D eigenvalue weighted by molar-refractivity contribution is 5.20. The average Bonchev–Trinajstić information content (AvgIpc) is 2.98. The molecular formula is C10H14N2O3. The van der Waals surface area contributed by atoms with Crippen LogP contribution in [0.1, 0.15) is 24.8 Å². The van der Waals surface area contributed by atoms with E-state index in [1.165, 1.54) is 24.3 Å². The molecule has 0 amide bonds. The van der Waals surface area contributed by atoms with E-state index in [-0.39, 0.29) is 11.4 Å². The first-order chi connectivity index (χ1) is 7.09. The minimum atomic E-state index is -0.524. The molecule has 15 heavy (non-hydrogen) atoms. The van der Waals surface area contributed by atoms with Crippen molar-refractivity contribution < 1.29 is 5.11 Å². The second kappa shape index (κ2) is 3.56. The zero-order chi connectivity index (χ0) is 11.0. The van der Waals surface area contributed by atoms with Crippen molar-refractivity contribution in [3.05, 3.63) is 26.4 Å². The monoisotopic (exact) mass is 210 g/mol. The molecule has 1 saturated carbocycles. The Morgan fingerprint density at radius 2 is 2.13 bits per heavy atom. The third-order valence-electron chi connectivity index (χ3n) is 2.86. The van der Waals surface area contributed by atoms with Gasteiger partial charge >= 0.3 is 5.69 Å². The molecule has 1 aromatic rings. The molecular weight excluding hydrogens is 196 g/mol. The molecule has 1 aliphatic carbocycles. The summed E-state index contributed by atoms with van der Waals surface area (Å²) in [6, 6.07) is 0. The van der Waals surface area contributed by atoms with Gasteiger partial charge in [-0.15, -0.1) is 0 Å². The largest absolute Gasteiger partial charge is 0.494 e. The highest BCUT2D eigenvalue weighted by atomic mass is 16.3. The Morgan fingerprint density at radius 3 is 2.73 bits per heavy atom. The number of hydrogen-bond donors (Lipinski definition) is 2. The Bertz CT molecular complexity index is 482. The standard InChI is InChI=1S/C10H14N2O3/c1-6-8(13)11-10(15)12(9(6)14)5-4-7-2-3-7/h7,14H,2-5H2,1H3,(H,11,13,15). The van der Waals surface area contributed by atoms with Crippen molar-refractivity contribution >= 4 is 0 Å². The summed E-state index contributed by atoms with van der Waals surface area (Å²) in [5.74, 6) is 0.480. The van der Waals surface area contributed by atoms with Gasteiger partial charge in [-0.2, -0.15) is 0 Å². The smallest absolute Gasteiger partial charge is 0.331 e. The van der Waals surface area contributed by atoms with Crippen molar-refractivity contribution in [2.24, 2.45) is 5.92 Å². The van der Waals surface area contributed by atoms with Crippen molar-refractivity contribution in [2.45, 2.75) is 32.7 Å². The second-order valence-electron chi connectivity index (χ2n) is 4.09. The maximum atomic E-state index is 11.4. The molecule has 1 heterocycles. The summed E-state index contributed by atoms with van der Waals surface area (Å²) >= 11 is 0. The molecule has 1 aromatic heterocycles. The van der Waals surface area contributed by atoms with Gasteiger partial charge in [0.05, 0.1) is 5.56 Å². The predicted molar refractivity (Wildman–Crippen MR) is 55.1 cm³/mol.